The first-order valence-corrected chi connectivity index (χ1v) is 8.58. The molecule has 0 unspecified atom stereocenters. The number of ketones is 1. The number of rotatable bonds is 8. The normalized spacial score (nSPS) is 10.5. The molecule has 0 atom stereocenters. The number of hydrogen-bond donors (Lipinski definition) is 2. The Morgan fingerprint density at radius 1 is 1.04 bits per heavy atom. The zero-order valence-corrected chi connectivity index (χ0v) is 14.8. The second kappa shape index (κ2) is 9.43. The lowest BCUT2D eigenvalue weighted by Gasteiger charge is -2.05. The summed E-state index contributed by atoms with van der Waals surface area (Å²) in [4.78, 5) is 34.9. The fourth-order valence-electron chi connectivity index (χ4n) is 1.97. The van der Waals surface area contributed by atoms with Gasteiger partial charge in [0.05, 0.1) is 12.9 Å². The number of methoxy groups -OCH3 is 1. The van der Waals surface area contributed by atoms with E-state index in [4.69, 9.17) is 9.84 Å². The summed E-state index contributed by atoms with van der Waals surface area (Å²) in [6.07, 6.45) is 1.71. The molecule has 2 aromatic carbocycles. The van der Waals surface area contributed by atoms with E-state index in [1.807, 2.05) is 0 Å². The Hall–Kier alpha value is -3.06. The van der Waals surface area contributed by atoms with Crippen molar-refractivity contribution in [3.8, 4) is 5.75 Å². The van der Waals surface area contributed by atoms with Crippen LogP contribution in [0.15, 0.2) is 65.6 Å². The number of amides is 1. The number of benzene rings is 2. The quantitative estimate of drug-likeness (QED) is 0.420. The molecular weight excluding hydrogens is 354 g/mol. The second-order valence-electron chi connectivity index (χ2n) is 5.13. The van der Waals surface area contributed by atoms with Crippen molar-refractivity contribution in [2.24, 2.45) is 0 Å². The highest BCUT2D eigenvalue weighted by molar-refractivity contribution is 8.00. The molecule has 0 radical (unpaired) electrons. The van der Waals surface area contributed by atoms with Crippen LogP contribution < -0.4 is 10.1 Å². The molecule has 0 aliphatic rings. The van der Waals surface area contributed by atoms with Crippen LogP contribution in [-0.2, 0) is 9.59 Å². The Labute approximate surface area is 154 Å². The van der Waals surface area contributed by atoms with E-state index in [0.717, 1.165) is 17.0 Å². The molecule has 0 aliphatic heterocycles. The van der Waals surface area contributed by atoms with Crippen LogP contribution in [0.3, 0.4) is 0 Å². The van der Waals surface area contributed by atoms with Crippen molar-refractivity contribution in [3.05, 3.63) is 66.2 Å². The number of hydrogen-bond acceptors (Lipinski definition) is 5. The third-order valence-corrected chi connectivity index (χ3v) is 4.29. The molecule has 0 saturated carbocycles. The number of carboxylic acid groups (broad SMARTS) is 1. The summed E-state index contributed by atoms with van der Waals surface area (Å²) in [5, 5.41) is 11.0. The lowest BCUT2D eigenvalue weighted by Crippen LogP contribution is -2.08. The average Bonchev–Trinajstić information content (AvgIpc) is 2.65. The van der Waals surface area contributed by atoms with Crippen molar-refractivity contribution in [2.45, 2.75) is 4.90 Å². The van der Waals surface area contributed by atoms with E-state index in [0.29, 0.717) is 22.8 Å². The van der Waals surface area contributed by atoms with Gasteiger partial charge in [-0.1, -0.05) is 0 Å². The van der Waals surface area contributed by atoms with E-state index in [2.05, 4.69) is 5.32 Å². The maximum Gasteiger partial charge on any atom is 0.328 e. The van der Waals surface area contributed by atoms with Crippen LogP contribution in [0.1, 0.15) is 10.4 Å². The predicted octanol–water partition coefficient (Wildman–Crippen LogP) is 3.25. The molecule has 7 heteroatoms. The number of nitrogens with one attached hydrogen (secondary N) is 1. The van der Waals surface area contributed by atoms with E-state index in [-0.39, 0.29) is 5.78 Å². The molecule has 0 heterocycles. The van der Waals surface area contributed by atoms with Gasteiger partial charge >= 0.3 is 5.97 Å². The van der Waals surface area contributed by atoms with Crippen molar-refractivity contribution in [1.29, 1.82) is 0 Å². The third-order valence-electron chi connectivity index (χ3n) is 3.28. The van der Waals surface area contributed by atoms with Crippen LogP contribution in [0.4, 0.5) is 5.69 Å². The molecule has 0 fully saturated rings. The molecule has 1 amide bonds. The third kappa shape index (κ3) is 6.10. The fourth-order valence-corrected chi connectivity index (χ4v) is 2.77. The second-order valence-corrected chi connectivity index (χ2v) is 6.17. The van der Waals surface area contributed by atoms with Gasteiger partial charge in [0, 0.05) is 28.3 Å². The van der Waals surface area contributed by atoms with E-state index < -0.39 is 11.9 Å². The van der Waals surface area contributed by atoms with Crippen molar-refractivity contribution >= 4 is 35.1 Å². The first kappa shape index (κ1) is 19.3. The molecule has 2 aromatic rings. The van der Waals surface area contributed by atoms with E-state index in [9.17, 15) is 14.4 Å². The molecule has 0 aromatic heterocycles. The van der Waals surface area contributed by atoms with Gasteiger partial charge in [-0.3, -0.25) is 9.59 Å². The fraction of sp³-hybridized carbons (Fsp3) is 0.105. The molecule has 2 N–H and O–H groups in total. The van der Waals surface area contributed by atoms with Crippen LogP contribution in [0.2, 0.25) is 0 Å². The van der Waals surface area contributed by atoms with Crippen molar-refractivity contribution in [2.75, 3.05) is 18.2 Å². The summed E-state index contributed by atoms with van der Waals surface area (Å²) in [6, 6.07) is 13.9. The molecule has 2 rings (SSSR count). The number of ether oxygens (including phenoxy) is 1. The summed E-state index contributed by atoms with van der Waals surface area (Å²) in [5.41, 5.74) is 1.16. The van der Waals surface area contributed by atoms with Crippen molar-refractivity contribution in [3.63, 3.8) is 0 Å². The molecule has 0 spiro atoms. The van der Waals surface area contributed by atoms with Gasteiger partial charge in [0.15, 0.2) is 5.78 Å². The highest BCUT2D eigenvalue weighted by Crippen LogP contribution is 2.22. The van der Waals surface area contributed by atoms with Gasteiger partial charge in [0.1, 0.15) is 5.75 Å². The summed E-state index contributed by atoms with van der Waals surface area (Å²) in [6.45, 7) is 0. The van der Waals surface area contributed by atoms with Gasteiger partial charge in [0.2, 0.25) is 5.91 Å². The van der Waals surface area contributed by atoms with Crippen molar-refractivity contribution in [1.82, 2.24) is 0 Å². The number of thioether (sulfide) groups is 1. The van der Waals surface area contributed by atoms with Crippen LogP contribution in [0, 0.1) is 0 Å². The summed E-state index contributed by atoms with van der Waals surface area (Å²) < 4.78 is 5.06. The standard InChI is InChI=1S/C19H17NO5S/c1-25-15-6-2-13(3-7-15)17(21)12-26-16-8-4-14(5-9-16)20-18(22)10-11-19(23)24/h2-11H,12H2,1H3,(H,20,22)(H,23,24)/b11-10+. The topological polar surface area (TPSA) is 92.7 Å². The summed E-state index contributed by atoms with van der Waals surface area (Å²) in [7, 11) is 1.57. The minimum Gasteiger partial charge on any atom is -0.497 e. The van der Waals surface area contributed by atoms with Gasteiger partial charge < -0.3 is 15.2 Å². The molecule has 0 aliphatic carbocycles. The summed E-state index contributed by atoms with van der Waals surface area (Å²) in [5.74, 6) is -0.714. The molecule has 6 nitrogen and oxygen atoms in total. The van der Waals surface area contributed by atoms with Gasteiger partial charge in [-0.15, -0.1) is 11.8 Å². The highest BCUT2D eigenvalue weighted by atomic mass is 32.2. The van der Waals surface area contributed by atoms with Gasteiger partial charge in [-0.2, -0.15) is 0 Å². The SMILES string of the molecule is COc1ccc(C(=O)CSc2ccc(NC(=O)/C=C/C(=O)O)cc2)cc1. The summed E-state index contributed by atoms with van der Waals surface area (Å²) >= 11 is 1.39. The van der Waals surface area contributed by atoms with Crippen LogP contribution in [-0.4, -0.2) is 35.6 Å². The zero-order chi connectivity index (χ0) is 18.9. The number of carbonyl (C=O) groups excluding carboxylic acids is 2. The predicted molar refractivity (Wildman–Crippen MR) is 99.9 cm³/mol. The van der Waals surface area contributed by atoms with Gasteiger partial charge in [0.25, 0.3) is 0 Å². The maximum atomic E-state index is 12.2. The molecule has 134 valence electrons. The average molecular weight is 371 g/mol. The lowest BCUT2D eigenvalue weighted by atomic mass is 10.1. The number of carbonyl (C=O) groups is 3. The number of carboxylic acids is 1. The van der Waals surface area contributed by atoms with Crippen LogP contribution in [0.25, 0.3) is 0 Å². The number of aliphatic carboxylic acids is 1. The Morgan fingerprint density at radius 2 is 1.69 bits per heavy atom. The minimum absolute atomic E-state index is 0.00819. The van der Waals surface area contributed by atoms with Gasteiger partial charge in [-0.05, 0) is 48.5 Å². The smallest absolute Gasteiger partial charge is 0.328 e. The largest absolute Gasteiger partial charge is 0.497 e. The molecule has 26 heavy (non-hydrogen) atoms. The van der Waals surface area contributed by atoms with Crippen LogP contribution in [0.5, 0.6) is 5.75 Å². The Balaban J connectivity index is 1.87. The minimum atomic E-state index is -1.19. The number of Topliss-reactive ketones (excluding diaryl/α,β-unsaturated/α-hetero) is 1. The Morgan fingerprint density at radius 3 is 2.27 bits per heavy atom. The highest BCUT2D eigenvalue weighted by Gasteiger charge is 2.07. The monoisotopic (exact) mass is 371 g/mol. The molecular formula is C19H17NO5S. The van der Waals surface area contributed by atoms with E-state index in [1.165, 1.54) is 11.8 Å². The Kier molecular flexibility index (Phi) is 6.99. The van der Waals surface area contributed by atoms with Gasteiger partial charge in [-0.25, -0.2) is 4.79 Å². The van der Waals surface area contributed by atoms with E-state index in [1.54, 1.807) is 55.6 Å². The van der Waals surface area contributed by atoms with Crippen LogP contribution >= 0.6 is 11.8 Å². The lowest BCUT2D eigenvalue weighted by molar-refractivity contribution is -0.131. The first-order chi connectivity index (χ1) is 12.5. The maximum absolute atomic E-state index is 12.2. The number of anilines is 1. The zero-order valence-electron chi connectivity index (χ0n) is 14.0. The molecule has 0 saturated heterocycles. The Bertz CT molecular complexity index is 813. The molecule has 0 bridgehead atoms. The van der Waals surface area contributed by atoms with E-state index >= 15 is 0 Å². The first-order valence-electron chi connectivity index (χ1n) is 7.60. The van der Waals surface area contributed by atoms with Crippen molar-refractivity contribution < 1.29 is 24.2 Å².